The number of aromatic nitrogens is 1. The Morgan fingerprint density at radius 1 is 1.32 bits per heavy atom. The predicted molar refractivity (Wildman–Crippen MR) is 75.1 cm³/mol. The van der Waals surface area contributed by atoms with Gasteiger partial charge in [-0.3, -0.25) is 14.6 Å². The number of halogens is 1. The first-order valence-electron chi connectivity index (χ1n) is 5.68. The lowest BCUT2D eigenvalue weighted by Crippen LogP contribution is -2.10. The summed E-state index contributed by atoms with van der Waals surface area (Å²) < 4.78 is 5.38. The Morgan fingerprint density at radius 3 is 2.74 bits per heavy atom. The van der Waals surface area contributed by atoms with Gasteiger partial charge < -0.3 is 4.74 Å². The molecule has 0 fully saturated rings. The fourth-order valence-electron chi connectivity index (χ4n) is 1.86. The van der Waals surface area contributed by atoms with Crippen LogP contribution in [0.15, 0.2) is 28.7 Å². The largest absolute Gasteiger partial charge is 0.469 e. The van der Waals surface area contributed by atoms with E-state index in [0.717, 1.165) is 21.1 Å². The maximum atomic E-state index is 12.1. The first-order valence-corrected chi connectivity index (χ1v) is 6.47. The van der Waals surface area contributed by atoms with Crippen LogP contribution in [0.4, 0.5) is 0 Å². The molecule has 5 heteroatoms. The van der Waals surface area contributed by atoms with Crippen LogP contribution < -0.4 is 0 Å². The third-order valence-electron chi connectivity index (χ3n) is 2.73. The average molecular weight is 322 g/mol. The Kier molecular flexibility index (Phi) is 3.95. The van der Waals surface area contributed by atoms with Gasteiger partial charge in [0.1, 0.15) is 6.42 Å². The molecule has 0 aliphatic rings. The van der Waals surface area contributed by atoms with Gasteiger partial charge in [0, 0.05) is 21.1 Å². The molecule has 4 nitrogen and oxygen atoms in total. The number of carbonyl (C=O) groups excluding carboxylic acids is 2. The highest BCUT2D eigenvalue weighted by Gasteiger charge is 2.16. The number of ketones is 1. The number of benzene rings is 1. The maximum absolute atomic E-state index is 12.1. The van der Waals surface area contributed by atoms with E-state index < -0.39 is 5.97 Å². The molecule has 0 bridgehead atoms. The number of rotatable bonds is 3. The van der Waals surface area contributed by atoms with Crippen LogP contribution in [0.3, 0.4) is 0 Å². The number of pyridine rings is 1. The van der Waals surface area contributed by atoms with Gasteiger partial charge in [-0.05, 0) is 31.2 Å². The number of methoxy groups -OCH3 is 1. The molecule has 0 N–H and O–H groups in total. The van der Waals surface area contributed by atoms with Crippen LogP contribution in [0.2, 0.25) is 0 Å². The molecular formula is C14H12BrNO3. The number of nitrogens with zero attached hydrogens (tertiary/aromatic N) is 1. The summed E-state index contributed by atoms with van der Waals surface area (Å²) in [6.07, 6.45) is -0.262. The van der Waals surface area contributed by atoms with Crippen molar-refractivity contribution in [1.82, 2.24) is 4.98 Å². The van der Waals surface area contributed by atoms with Crippen molar-refractivity contribution in [3.8, 4) is 0 Å². The Hall–Kier alpha value is -1.75. The van der Waals surface area contributed by atoms with E-state index >= 15 is 0 Å². The summed E-state index contributed by atoms with van der Waals surface area (Å²) in [7, 11) is 1.27. The predicted octanol–water partition coefficient (Wildman–Crippen LogP) is 3.05. The van der Waals surface area contributed by atoms with Crippen LogP contribution in [0.25, 0.3) is 10.9 Å². The van der Waals surface area contributed by atoms with Gasteiger partial charge in [-0.1, -0.05) is 15.9 Å². The highest BCUT2D eigenvalue weighted by molar-refractivity contribution is 9.10. The summed E-state index contributed by atoms with van der Waals surface area (Å²) in [4.78, 5) is 27.7. The topological polar surface area (TPSA) is 56.3 Å². The van der Waals surface area contributed by atoms with Crippen molar-refractivity contribution in [1.29, 1.82) is 0 Å². The first-order chi connectivity index (χ1) is 9.01. The third kappa shape index (κ3) is 2.98. The summed E-state index contributed by atoms with van der Waals surface area (Å²) in [6.45, 7) is 1.82. The molecule has 0 saturated heterocycles. The Morgan fingerprint density at radius 2 is 2.05 bits per heavy atom. The molecule has 0 atom stereocenters. The van der Waals surface area contributed by atoms with Gasteiger partial charge in [0.2, 0.25) is 0 Å². The zero-order valence-electron chi connectivity index (χ0n) is 10.6. The Balaban J connectivity index is 2.55. The third-order valence-corrected chi connectivity index (χ3v) is 3.23. The van der Waals surface area contributed by atoms with E-state index in [1.165, 1.54) is 7.11 Å². The van der Waals surface area contributed by atoms with Gasteiger partial charge in [-0.2, -0.15) is 0 Å². The van der Waals surface area contributed by atoms with Crippen molar-refractivity contribution < 1.29 is 14.3 Å². The van der Waals surface area contributed by atoms with Gasteiger partial charge in [0.05, 0.1) is 12.6 Å². The van der Waals surface area contributed by atoms with Crippen LogP contribution in [0, 0.1) is 6.92 Å². The van der Waals surface area contributed by atoms with Gasteiger partial charge in [0.15, 0.2) is 5.78 Å². The summed E-state index contributed by atoms with van der Waals surface area (Å²) in [5.74, 6) is -0.803. The van der Waals surface area contributed by atoms with Crippen molar-refractivity contribution in [3.05, 3.63) is 40.0 Å². The molecule has 0 aliphatic heterocycles. The van der Waals surface area contributed by atoms with Crippen LogP contribution in [-0.2, 0) is 9.53 Å². The van der Waals surface area contributed by atoms with Crippen molar-refractivity contribution in [3.63, 3.8) is 0 Å². The highest BCUT2D eigenvalue weighted by Crippen LogP contribution is 2.23. The molecule has 0 unspecified atom stereocenters. The number of hydrogen-bond donors (Lipinski definition) is 0. The number of hydrogen-bond acceptors (Lipinski definition) is 4. The quantitative estimate of drug-likeness (QED) is 0.495. The molecule has 0 spiro atoms. The summed E-state index contributed by atoms with van der Waals surface area (Å²) in [6, 6.07) is 7.22. The molecule has 1 aromatic carbocycles. The van der Waals surface area contributed by atoms with Gasteiger partial charge >= 0.3 is 5.97 Å². The first kappa shape index (κ1) is 13.7. The Labute approximate surface area is 118 Å². The van der Waals surface area contributed by atoms with Crippen molar-refractivity contribution in [2.45, 2.75) is 13.3 Å². The fraction of sp³-hybridized carbons (Fsp3) is 0.214. The molecule has 1 aromatic heterocycles. The van der Waals surface area contributed by atoms with Crippen LogP contribution >= 0.6 is 15.9 Å². The van der Waals surface area contributed by atoms with E-state index in [2.05, 4.69) is 25.7 Å². The van der Waals surface area contributed by atoms with Gasteiger partial charge in [0.25, 0.3) is 0 Å². The number of fused-ring (bicyclic) bond motifs is 1. The molecule has 98 valence electrons. The van der Waals surface area contributed by atoms with Crippen LogP contribution in [-0.4, -0.2) is 23.8 Å². The highest BCUT2D eigenvalue weighted by atomic mass is 79.9. The molecule has 1 heterocycles. The van der Waals surface area contributed by atoms with E-state index in [0.29, 0.717) is 5.56 Å². The second-order valence-corrected chi connectivity index (χ2v) is 5.06. The lowest BCUT2D eigenvalue weighted by Gasteiger charge is -2.07. The van der Waals surface area contributed by atoms with E-state index in [4.69, 9.17) is 0 Å². The van der Waals surface area contributed by atoms with E-state index in [1.54, 1.807) is 6.07 Å². The molecule has 0 aliphatic carbocycles. The van der Waals surface area contributed by atoms with E-state index in [-0.39, 0.29) is 12.2 Å². The molecule has 0 radical (unpaired) electrons. The zero-order valence-corrected chi connectivity index (χ0v) is 12.2. The molecule has 0 saturated carbocycles. The normalized spacial score (nSPS) is 10.5. The summed E-state index contributed by atoms with van der Waals surface area (Å²) >= 11 is 3.37. The van der Waals surface area contributed by atoms with Crippen LogP contribution in [0.5, 0.6) is 0 Å². The SMILES string of the molecule is COC(=O)CC(=O)c1cc(C)nc2ccc(Br)cc12. The van der Waals surface area contributed by atoms with E-state index in [9.17, 15) is 9.59 Å². The summed E-state index contributed by atoms with van der Waals surface area (Å²) in [5.41, 5.74) is 1.97. The lowest BCUT2D eigenvalue weighted by atomic mass is 10.0. The number of aryl methyl sites for hydroxylation is 1. The molecular weight excluding hydrogens is 310 g/mol. The van der Waals surface area contributed by atoms with Crippen LogP contribution in [0.1, 0.15) is 22.5 Å². The van der Waals surface area contributed by atoms with Crippen molar-refractivity contribution in [2.24, 2.45) is 0 Å². The second-order valence-electron chi connectivity index (χ2n) is 4.15. The van der Waals surface area contributed by atoms with Crippen molar-refractivity contribution in [2.75, 3.05) is 7.11 Å². The van der Waals surface area contributed by atoms with Gasteiger partial charge in [-0.15, -0.1) is 0 Å². The maximum Gasteiger partial charge on any atom is 0.313 e. The zero-order chi connectivity index (χ0) is 14.0. The number of ether oxygens (including phenoxy) is 1. The monoisotopic (exact) mass is 321 g/mol. The smallest absolute Gasteiger partial charge is 0.313 e. The minimum Gasteiger partial charge on any atom is -0.469 e. The minimum atomic E-state index is -0.539. The fourth-order valence-corrected chi connectivity index (χ4v) is 2.22. The average Bonchev–Trinajstić information content (AvgIpc) is 2.38. The number of carbonyl (C=O) groups is 2. The standard InChI is InChI=1S/C14H12BrNO3/c1-8-5-11(13(17)7-14(18)19-2)10-6-9(15)3-4-12(10)16-8/h3-6H,7H2,1-2H3. The van der Waals surface area contributed by atoms with Crippen molar-refractivity contribution >= 4 is 38.6 Å². The minimum absolute atomic E-state index is 0.262. The second kappa shape index (κ2) is 5.48. The molecule has 2 aromatic rings. The molecule has 19 heavy (non-hydrogen) atoms. The lowest BCUT2D eigenvalue weighted by molar-refractivity contribution is -0.139. The summed E-state index contributed by atoms with van der Waals surface area (Å²) in [5, 5.41) is 0.730. The van der Waals surface area contributed by atoms with E-state index in [1.807, 2.05) is 25.1 Å². The Bertz CT molecular complexity index is 667. The van der Waals surface area contributed by atoms with Gasteiger partial charge in [-0.25, -0.2) is 0 Å². The molecule has 2 rings (SSSR count). The molecule has 0 amide bonds. The number of esters is 1. The number of Topliss-reactive ketones (excluding diaryl/α,β-unsaturated/α-hetero) is 1.